The number of rotatable bonds is 2. The standard InChI is InChI=1S/C18H16N4O2/c1-9-8-24-16-14(9)12(11-4-2-10(7-23)3-5-11)6-13-15(16)17(19)22-18(20)21-13/h2-7,9H,8H2,1H3,(H4,19,20,21,22). The van der Waals surface area contributed by atoms with Gasteiger partial charge < -0.3 is 16.2 Å². The van der Waals surface area contributed by atoms with E-state index in [1.165, 1.54) is 0 Å². The fourth-order valence-corrected chi connectivity index (χ4v) is 3.23. The number of nitrogen functional groups attached to an aromatic ring is 2. The minimum absolute atomic E-state index is 0.133. The van der Waals surface area contributed by atoms with Gasteiger partial charge in [-0.3, -0.25) is 4.79 Å². The molecule has 3 aromatic rings. The third-order valence-electron chi connectivity index (χ3n) is 4.35. The van der Waals surface area contributed by atoms with Crippen molar-refractivity contribution in [2.75, 3.05) is 18.1 Å². The molecular formula is C18H16N4O2. The van der Waals surface area contributed by atoms with Crippen LogP contribution in [0.1, 0.15) is 28.8 Å². The summed E-state index contributed by atoms with van der Waals surface area (Å²) in [6, 6.07) is 9.39. The lowest BCUT2D eigenvalue weighted by Crippen LogP contribution is -2.02. The normalized spacial score (nSPS) is 16.0. The monoisotopic (exact) mass is 320 g/mol. The first-order chi connectivity index (χ1) is 11.6. The number of benzene rings is 2. The van der Waals surface area contributed by atoms with Gasteiger partial charge in [-0.2, -0.15) is 4.98 Å². The molecule has 2 heterocycles. The van der Waals surface area contributed by atoms with Crippen molar-refractivity contribution in [1.29, 1.82) is 0 Å². The average molecular weight is 320 g/mol. The molecule has 0 bridgehead atoms. The summed E-state index contributed by atoms with van der Waals surface area (Å²) in [5, 5.41) is 0.705. The van der Waals surface area contributed by atoms with Crippen molar-refractivity contribution >= 4 is 29.0 Å². The second kappa shape index (κ2) is 5.19. The summed E-state index contributed by atoms with van der Waals surface area (Å²) in [5.41, 5.74) is 16.2. The lowest BCUT2D eigenvalue weighted by atomic mass is 9.90. The smallest absolute Gasteiger partial charge is 0.222 e. The topological polar surface area (TPSA) is 104 Å². The second-order valence-corrected chi connectivity index (χ2v) is 5.98. The summed E-state index contributed by atoms with van der Waals surface area (Å²) in [6.07, 6.45) is 0.828. The van der Waals surface area contributed by atoms with Crippen LogP contribution in [-0.4, -0.2) is 22.9 Å². The molecule has 4 rings (SSSR count). The van der Waals surface area contributed by atoms with Gasteiger partial charge in [0, 0.05) is 17.0 Å². The van der Waals surface area contributed by atoms with Crippen LogP contribution in [0.2, 0.25) is 0 Å². The summed E-state index contributed by atoms with van der Waals surface area (Å²) in [4.78, 5) is 19.2. The number of fused-ring (bicyclic) bond motifs is 3. The quantitative estimate of drug-likeness (QED) is 0.704. The highest BCUT2D eigenvalue weighted by Crippen LogP contribution is 2.46. The van der Waals surface area contributed by atoms with Crippen LogP contribution in [0.5, 0.6) is 5.75 Å². The molecule has 0 saturated heterocycles. The Morgan fingerprint density at radius 3 is 2.67 bits per heavy atom. The summed E-state index contributed by atoms with van der Waals surface area (Å²) < 4.78 is 5.89. The summed E-state index contributed by atoms with van der Waals surface area (Å²) in [5.74, 6) is 1.41. The highest BCUT2D eigenvalue weighted by molar-refractivity contribution is 6.00. The third kappa shape index (κ3) is 2.07. The minimum Gasteiger partial charge on any atom is -0.492 e. The van der Waals surface area contributed by atoms with Crippen LogP contribution in [0.4, 0.5) is 11.8 Å². The van der Waals surface area contributed by atoms with Crippen LogP contribution >= 0.6 is 0 Å². The van der Waals surface area contributed by atoms with E-state index in [2.05, 4.69) is 16.9 Å². The molecule has 0 spiro atoms. The van der Waals surface area contributed by atoms with Crippen LogP contribution in [0.15, 0.2) is 30.3 Å². The number of hydrogen-bond donors (Lipinski definition) is 2. The minimum atomic E-state index is 0.133. The Balaban J connectivity index is 2.04. The zero-order chi connectivity index (χ0) is 16.8. The van der Waals surface area contributed by atoms with E-state index in [0.717, 1.165) is 28.7 Å². The largest absolute Gasteiger partial charge is 0.492 e. The van der Waals surface area contributed by atoms with Crippen LogP contribution < -0.4 is 16.2 Å². The van der Waals surface area contributed by atoms with E-state index in [-0.39, 0.29) is 11.9 Å². The van der Waals surface area contributed by atoms with Gasteiger partial charge in [0.15, 0.2) is 0 Å². The van der Waals surface area contributed by atoms with Gasteiger partial charge in [-0.15, -0.1) is 0 Å². The number of hydrogen-bond acceptors (Lipinski definition) is 6. The number of carbonyl (C=O) groups is 1. The van der Waals surface area contributed by atoms with E-state index in [1.54, 1.807) is 12.1 Å². The Bertz CT molecular complexity index is 967. The predicted octanol–water partition coefficient (Wildman–Crippen LogP) is 2.77. The average Bonchev–Trinajstić information content (AvgIpc) is 2.95. The molecule has 0 aliphatic carbocycles. The predicted molar refractivity (Wildman–Crippen MR) is 93.1 cm³/mol. The Hall–Kier alpha value is -3.15. The number of carbonyl (C=O) groups excluding carboxylic acids is 1. The van der Waals surface area contributed by atoms with Crippen molar-refractivity contribution in [3.05, 3.63) is 41.5 Å². The van der Waals surface area contributed by atoms with Crippen molar-refractivity contribution in [2.24, 2.45) is 0 Å². The molecule has 2 aromatic carbocycles. The van der Waals surface area contributed by atoms with E-state index in [4.69, 9.17) is 16.2 Å². The second-order valence-electron chi connectivity index (χ2n) is 5.98. The van der Waals surface area contributed by atoms with Crippen LogP contribution in [-0.2, 0) is 0 Å². The Kier molecular flexibility index (Phi) is 3.13. The Morgan fingerprint density at radius 2 is 1.96 bits per heavy atom. The number of anilines is 2. The molecule has 0 radical (unpaired) electrons. The molecule has 6 nitrogen and oxygen atoms in total. The molecule has 0 saturated carbocycles. The number of nitrogens with two attached hydrogens (primary N) is 2. The molecule has 6 heteroatoms. The summed E-state index contributed by atoms with van der Waals surface area (Å²) in [6.45, 7) is 2.69. The first-order valence-corrected chi connectivity index (χ1v) is 7.66. The first-order valence-electron chi connectivity index (χ1n) is 7.66. The molecule has 1 atom stereocenters. The molecule has 0 fully saturated rings. The summed E-state index contributed by atoms with van der Waals surface area (Å²) >= 11 is 0. The number of nitrogens with zero attached hydrogens (tertiary/aromatic N) is 2. The Morgan fingerprint density at radius 1 is 1.21 bits per heavy atom. The molecule has 1 aliphatic heterocycles. The molecule has 1 aliphatic rings. The molecule has 4 N–H and O–H groups in total. The van der Waals surface area contributed by atoms with Crippen molar-refractivity contribution in [2.45, 2.75) is 12.8 Å². The lowest BCUT2D eigenvalue weighted by molar-refractivity contribution is 0.112. The van der Waals surface area contributed by atoms with Crippen molar-refractivity contribution in [3.63, 3.8) is 0 Å². The fraction of sp³-hybridized carbons (Fsp3) is 0.167. The van der Waals surface area contributed by atoms with E-state index in [0.29, 0.717) is 28.9 Å². The van der Waals surface area contributed by atoms with Gasteiger partial charge in [0.05, 0.1) is 17.5 Å². The molecule has 24 heavy (non-hydrogen) atoms. The molecule has 1 aromatic heterocycles. The number of ether oxygens (including phenoxy) is 1. The van der Waals surface area contributed by atoms with Gasteiger partial charge in [-0.05, 0) is 17.2 Å². The molecule has 0 amide bonds. The number of aldehydes is 1. The van der Waals surface area contributed by atoms with Crippen LogP contribution in [0.25, 0.3) is 22.0 Å². The molecule has 1 unspecified atom stereocenters. The van der Waals surface area contributed by atoms with Gasteiger partial charge in [0.2, 0.25) is 5.95 Å². The molecule has 120 valence electrons. The maximum atomic E-state index is 10.9. The van der Waals surface area contributed by atoms with Gasteiger partial charge in [0.1, 0.15) is 17.9 Å². The van der Waals surface area contributed by atoms with Crippen LogP contribution in [0, 0.1) is 0 Å². The number of aromatic nitrogens is 2. The van der Waals surface area contributed by atoms with Crippen molar-refractivity contribution < 1.29 is 9.53 Å². The maximum absolute atomic E-state index is 10.9. The van der Waals surface area contributed by atoms with Crippen molar-refractivity contribution in [3.8, 4) is 16.9 Å². The van der Waals surface area contributed by atoms with Gasteiger partial charge in [-0.1, -0.05) is 31.2 Å². The SMILES string of the molecule is CC1COc2c1c(-c1ccc(C=O)cc1)cc1nc(N)nc(N)c21. The van der Waals surface area contributed by atoms with E-state index < -0.39 is 0 Å². The fourth-order valence-electron chi connectivity index (χ4n) is 3.23. The molecular weight excluding hydrogens is 304 g/mol. The van der Waals surface area contributed by atoms with E-state index in [9.17, 15) is 4.79 Å². The van der Waals surface area contributed by atoms with E-state index in [1.807, 2.05) is 18.2 Å². The summed E-state index contributed by atoms with van der Waals surface area (Å²) in [7, 11) is 0. The third-order valence-corrected chi connectivity index (χ3v) is 4.35. The first kappa shape index (κ1) is 14.4. The van der Waals surface area contributed by atoms with Gasteiger partial charge in [-0.25, -0.2) is 4.98 Å². The highest BCUT2D eigenvalue weighted by atomic mass is 16.5. The zero-order valence-corrected chi connectivity index (χ0v) is 13.1. The zero-order valence-electron chi connectivity index (χ0n) is 13.1. The van der Waals surface area contributed by atoms with Gasteiger partial charge >= 0.3 is 0 Å². The van der Waals surface area contributed by atoms with E-state index >= 15 is 0 Å². The highest BCUT2D eigenvalue weighted by Gasteiger charge is 2.28. The Labute approximate surface area is 138 Å². The lowest BCUT2D eigenvalue weighted by Gasteiger charge is -2.14. The maximum Gasteiger partial charge on any atom is 0.222 e. The van der Waals surface area contributed by atoms with Crippen LogP contribution in [0.3, 0.4) is 0 Å². The van der Waals surface area contributed by atoms with Crippen molar-refractivity contribution in [1.82, 2.24) is 9.97 Å². The van der Waals surface area contributed by atoms with Gasteiger partial charge in [0.25, 0.3) is 0 Å².